The molecule has 0 unspecified atom stereocenters. The molecule has 2 bridgehead atoms. The number of amidine groups is 1. The molecular weight excluding hydrogens is 548 g/mol. The van der Waals surface area contributed by atoms with Gasteiger partial charge in [0.05, 0.1) is 17.0 Å². The van der Waals surface area contributed by atoms with Crippen LogP contribution in [0.15, 0.2) is 58.4 Å². The number of hydrogen-bond acceptors (Lipinski definition) is 5. The van der Waals surface area contributed by atoms with E-state index in [1.165, 1.54) is 28.6 Å². The summed E-state index contributed by atoms with van der Waals surface area (Å²) in [6.07, 6.45) is -0.856. The highest BCUT2D eigenvalue weighted by Crippen LogP contribution is 2.71. The summed E-state index contributed by atoms with van der Waals surface area (Å²) in [5, 5.41) is 6.31. The number of carbonyl (C=O) groups is 1. The first-order chi connectivity index (χ1) is 18.7. The van der Waals surface area contributed by atoms with Gasteiger partial charge < -0.3 is 10.6 Å². The first-order valence-corrected chi connectivity index (χ1v) is 14.7. The average molecular weight is 579 g/mol. The molecule has 4 aliphatic carbocycles. The van der Waals surface area contributed by atoms with Gasteiger partial charge in [-0.1, -0.05) is 12.1 Å². The molecule has 40 heavy (non-hydrogen) atoms. The average Bonchev–Trinajstić information content (AvgIpc) is 3.60. The maximum Gasteiger partial charge on any atom is 0.416 e. The van der Waals surface area contributed by atoms with E-state index in [4.69, 9.17) is 0 Å². The lowest BCUT2D eigenvalue weighted by Gasteiger charge is -2.73. The Hall–Kier alpha value is -2.99. The normalized spacial score (nSPS) is 29.3. The van der Waals surface area contributed by atoms with E-state index in [1.807, 2.05) is 6.92 Å². The van der Waals surface area contributed by atoms with E-state index in [0.717, 1.165) is 37.1 Å². The smallest absolute Gasteiger partial charge is 0.358 e. The summed E-state index contributed by atoms with van der Waals surface area (Å²) in [4.78, 5) is 17.4. The molecule has 1 atom stereocenters. The van der Waals surface area contributed by atoms with Crippen molar-refractivity contribution in [3.05, 3.63) is 65.5 Å². The number of sulfonamides is 1. The molecule has 5 aliphatic rings. The highest BCUT2D eigenvalue weighted by Gasteiger charge is 2.75. The molecular formula is C28H30F4N4O3S. The minimum absolute atomic E-state index is 0.0872. The van der Waals surface area contributed by atoms with Gasteiger partial charge in [0.25, 0.3) is 0 Å². The summed E-state index contributed by atoms with van der Waals surface area (Å²) >= 11 is 0. The van der Waals surface area contributed by atoms with Crippen LogP contribution in [0.2, 0.25) is 0 Å². The molecule has 4 saturated carbocycles. The highest BCUT2D eigenvalue weighted by molar-refractivity contribution is 7.89. The minimum Gasteiger partial charge on any atom is -0.358 e. The van der Waals surface area contributed by atoms with Gasteiger partial charge in [0, 0.05) is 24.0 Å². The van der Waals surface area contributed by atoms with Gasteiger partial charge in [-0.2, -0.15) is 17.5 Å². The molecule has 1 heterocycles. The van der Waals surface area contributed by atoms with Crippen LogP contribution in [0.4, 0.5) is 17.6 Å². The van der Waals surface area contributed by atoms with Crippen molar-refractivity contribution >= 4 is 21.8 Å². The SMILES string of the molecule is C[C@]1(C(=O)NCC2CC2)CN=C(C23CC(N(Cc4ccc(C(F)(F)F)cc4)S(=O)(=O)c4ccc(F)cc4)(C2)C3)N1. The fourth-order valence-electron chi connectivity index (χ4n) is 6.22. The number of benzene rings is 2. The van der Waals surface area contributed by atoms with Crippen molar-refractivity contribution in [2.75, 3.05) is 13.1 Å². The van der Waals surface area contributed by atoms with Crippen molar-refractivity contribution in [3.63, 3.8) is 0 Å². The largest absolute Gasteiger partial charge is 0.416 e. The molecule has 12 heteroatoms. The maximum absolute atomic E-state index is 13.8. The third-order valence-electron chi connectivity index (χ3n) is 8.74. The Kier molecular flexibility index (Phi) is 6.12. The van der Waals surface area contributed by atoms with Gasteiger partial charge in [-0.25, -0.2) is 12.8 Å². The van der Waals surface area contributed by atoms with Crippen LogP contribution in [0, 0.1) is 17.2 Å². The zero-order valence-corrected chi connectivity index (χ0v) is 22.7. The van der Waals surface area contributed by atoms with Crippen molar-refractivity contribution in [3.8, 4) is 0 Å². The Morgan fingerprint density at radius 2 is 1.70 bits per heavy atom. The third kappa shape index (κ3) is 4.58. The van der Waals surface area contributed by atoms with Crippen LogP contribution in [0.25, 0.3) is 0 Å². The van der Waals surface area contributed by atoms with E-state index in [1.54, 1.807) is 0 Å². The van der Waals surface area contributed by atoms with Crippen molar-refractivity contribution in [2.45, 2.75) is 67.7 Å². The Morgan fingerprint density at radius 3 is 2.27 bits per heavy atom. The number of halogens is 4. The van der Waals surface area contributed by atoms with Crippen molar-refractivity contribution in [2.24, 2.45) is 16.3 Å². The van der Waals surface area contributed by atoms with Gasteiger partial charge in [-0.3, -0.25) is 9.79 Å². The molecule has 2 N–H and O–H groups in total. The van der Waals surface area contributed by atoms with Gasteiger partial charge in [0.2, 0.25) is 15.9 Å². The number of hydrogen-bond donors (Lipinski definition) is 2. The van der Waals surface area contributed by atoms with E-state index >= 15 is 0 Å². The predicted molar refractivity (Wildman–Crippen MR) is 139 cm³/mol. The van der Waals surface area contributed by atoms with Crippen LogP contribution in [0.5, 0.6) is 0 Å². The number of amides is 1. The van der Waals surface area contributed by atoms with Crippen LogP contribution >= 0.6 is 0 Å². The van der Waals surface area contributed by atoms with Gasteiger partial charge in [-0.15, -0.1) is 0 Å². The Morgan fingerprint density at radius 1 is 1.07 bits per heavy atom. The molecule has 1 aliphatic heterocycles. The molecule has 4 fully saturated rings. The molecule has 1 amide bonds. The summed E-state index contributed by atoms with van der Waals surface area (Å²) < 4.78 is 81.8. The third-order valence-corrected chi connectivity index (χ3v) is 10.7. The van der Waals surface area contributed by atoms with Crippen LogP contribution in [0.3, 0.4) is 0 Å². The number of carbonyl (C=O) groups excluding carboxylic acids is 1. The lowest BCUT2D eigenvalue weighted by Crippen LogP contribution is -2.79. The molecule has 7 rings (SSSR count). The van der Waals surface area contributed by atoms with Gasteiger partial charge >= 0.3 is 6.18 Å². The van der Waals surface area contributed by atoms with Crippen LogP contribution < -0.4 is 10.6 Å². The lowest BCUT2D eigenvalue weighted by molar-refractivity contribution is -0.151. The Labute approximate surface area is 230 Å². The summed E-state index contributed by atoms with van der Waals surface area (Å²) in [6.45, 7) is 2.62. The molecule has 214 valence electrons. The zero-order chi connectivity index (χ0) is 28.6. The highest BCUT2D eigenvalue weighted by atomic mass is 32.2. The Balaban J connectivity index is 1.21. The van der Waals surface area contributed by atoms with Crippen molar-refractivity contribution in [1.29, 1.82) is 0 Å². The Bertz CT molecular complexity index is 1450. The van der Waals surface area contributed by atoms with Gasteiger partial charge in [-0.05, 0) is 86.9 Å². The number of alkyl halides is 3. The molecule has 2 aromatic carbocycles. The molecule has 0 spiro atoms. The van der Waals surface area contributed by atoms with E-state index in [0.29, 0.717) is 43.1 Å². The quantitative estimate of drug-likeness (QED) is 0.436. The standard InChI is InChI=1S/C28H30F4N4O3S/c1-25(24(37)33-12-18-2-3-18)17-34-23(35-25)26-14-27(15-26,16-26)36(40(38,39)22-10-8-21(29)9-11-22)13-19-4-6-20(7-5-19)28(30,31)32/h4-11,18H,2-3,12-17H2,1H3,(H,33,37)(H,34,35)/t25-,26?,27?/m1/s1. The summed E-state index contributed by atoms with van der Waals surface area (Å²) in [6, 6.07) is 8.97. The lowest BCUT2D eigenvalue weighted by atomic mass is 9.38. The first kappa shape index (κ1) is 27.2. The molecule has 0 aromatic heterocycles. The maximum atomic E-state index is 13.8. The molecule has 7 nitrogen and oxygen atoms in total. The minimum atomic E-state index is -4.50. The van der Waals surface area contributed by atoms with E-state index in [9.17, 15) is 30.8 Å². The number of nitrogens with one attached hydrogen (secondary N) is 2. The second kappa shape index (κ2) is 9.01. The first-order valence-electron chi connectivity index (χ1n) is 13.3. The fourth-order valence-corrected chi connectivity index (χ4v) is 7.97. The van der Waals surface area contributed by atoms with Crippen molar-refractivity contribution in [1.82, 2.24) is 14.9 Å². The summed E-state index contributed by atoms with van der Waals surface area (Å²) in [7, 11) is -4.11. The van der Waals surface area contributed by atoms with Crippen LogP contribution in [-0.2, 0) is 27.5 Å². The second-order valence-corrected chi connectivity index (χ2v) is 13.8. The second-order valence-electron chi connectivity index (χ2n) is 12.0. The van der Waals surface area contributed by atoms with Crippen LogP contribution in [-0.4, -0.2) is 48.6 Å². The topological polar surface area (TPSA) is 90.9 Å². The molecule has 0 radical (unpaired) electrons. The van der Waals surface area contributed by atoms with E-state index in [2.05, 4.69) is 15.6 Å². The molecule has 0 saturated heterocycles. The summed E-state index contributed by atoms with van der Waals surface area (Å²) in [5.74, 6) is 0.562. The number of aliphatic imine (C=N–C) groups is 1. The summed E-state index contributed by atoms with van der Waals surface area (Å²) in [5.41, 5.74) is -2.41. The van der Waals surface area contributed by atoms with Gasteiger partial charge in [0.1, 0.15) is 17.2 Å². The molecule has 2 aromatic rings. The number of rotatable bonds is 9. The monoisotopic (exact) mass is 578 g/mol. The zero-order valence-electron chi connectivity index (χ0n) is 21.9. The van der Waals surface area contributed by atoms with Crippen molar-refractivity contribution < 1.29 is 30.8 Å². The van der Waals surface area contributed by atoms with E-state index in [-0.39, 0.29) is 29.3 Å². The number of nitrogens with zero attached hydrogens (tertiary/aromatic N) is 2. The van der Waals surface area contributed by atoms with Crippen LogP contribution in [0.1, 0.15) is 50.2 Å². The fraction of sp³-hybridized carbons (Fsp3) is 0.500. The van der Waals surface area contributed by atoms with Gasteiger partial charge in [0.15, 0.2) is 0 Å². The predicted octanol–water partition coefficient (Wildman–Crippen LogP) is 4.24. The van der Waals surface area contributed by atoms with E-state index < -0.39 is 38.7 Å².